The second kappa shape index (κ2) is 9.57. The maximum absolute atomic E-state index is 13.4. The molecular formula is C25H30Cl2N2O3S. The lowest BCUT2D eigenvalue weighted by Crippen LogP contribution is -2.50. The summed E-state index contributed by atoms with van der Waals surface area (Å²) in [4.78, 5) is 15.4. The van der Waals surface area contributed by atoms with Crippen molar-refractivity contribution < 1.29 is 13.2 Å². The minimum atomic E-state index is -3.43. The zero-order valence-corrected chi connectivity index (χ0v) is 21.3. The minimum Gasteiger partial charge on any atom is -0.332 e. The summed E-state index contributed by atoms with van der Waals surface area (Å²) in [6, 6.07) is 15.0. The van der Waals surface area contributed by atoms with Gasteiger partial charge in [-0.3, -0.25) is 4.79 Å². The first kappa shape index (κ1) is 24.5. The molecule has 1 N–H and O–H groups in total. The summed E-state index contributed by atoms with van der Waals surface area (Å²) in [5, 5.41) is 1.30. The lowest BCUT2D eigenvalue weighted by molar-refractivity contribution is -0.141. The summed E-state index contributed by atoms with van der Waals surface area (Å²) >= 11 is 12.5. The number of carbonyl (C=O) groups is 1. The number of hydrogen-bond acceptors (Lipinski definition) is 3. The SMILES string of the molecule is CC[C@@H](CC1(S(=O)(=O)NC)CC1)N1C(=O)CC[C@H](c2cccc(Cl)c2)[C@H]1c1ccc(Cl)cc1. The topological polar surface area (TPSA) is 66.5 Å². The van der Waals surface area contributed by atoms with Crippen molar-refractivity contribution in [2.45, 2.75) is 68.2 Å². The van der Waals surface area contributed by atoms with E-state index in [-0.39, 0.29) is 23.9 Å². The largest absolute Gasteiger partial charge is 0.332 e. The van der Waals surface area contributed by atoms with Crippen LogP contribution < -0.4 is 4.72 Å². The summed E-state index contributed by atoms with van der Waals surface area (Å²) in [6.45, 7) is 2.03. The van der Waals surface area contributed by atoms with Crippen molar-refractivity contribution in [3.8, 4) is 0 Å². The van der Waals surface area contributed by atoms with Gasteiger partial charge in [0.1, 0.15) is 0 Å². The van der Waals surface area contributed by atoms with Gasteiger partial charge in [0, 0.05) is 28.4 Å². The fourth-order valence-corrected chi connectivity index (χ4v) is 7.10. The minimum absolute atomic E-state index is 0.0488. The number of carbonyl (C=O) groups excluding carboxylic acids is 1. The van der Waals surface area contributed by atoms with Crippen molar-refractivity contribution in [1.82, 2.24) is 9.62 Å². The Balaban J connectivity index is 1.77. The molecule has 0 bridgehead atoms. The molecule has 5 nitrogen and oxygen atoms in total. The lowest BCUT2D eigenvalue weighted by atomic mass is 9.78. The number of halogens is 2. The van der Waals surface area contributed by atoms with Gasteiger partial charge in [-0.1, -0.05) is 54.4 Å². The van der Waals surface area contributed by atoms with Gasteiger partial charge < -0.3 is 4.90 Å². The molecule has 2 aliphatic rings. The second-order valence-electron chi connectivity index (χ2n) is 9.15. The van der Waals surface area contributed by atoms with E-state index in [1.807, 2.05) is 54.3 Å². The predicted molar refractivity (Wildman–Crippen MR) is 133 cm³/mol. The van der Waals surface area contributed by atoms with Gasteiger partial charge in [-0.25, -0.2) is 13.1 Å². The molecule has 0 radical (unpaired) electrons. The van der Waals surface area contributed by atoms with Gasteiger partial charge in [0.25, 0.3) is 0 Å². The van der Waals surface area contributed by atoms with Gasteiger partial charge in [-0.05, 0) is 74.5 Å². The lowest BCUT2D eigenvalue weighted by Gasteiger charge is -2.46. The third-order valence-corrected chi connectivity index (χ3v) is 9.98. The molecule has 0 unspecified atom stereocenters. The number of nitrogens with zero attached hydrogens (tertiary/aromatic N) is 1. The zero-order chi connectivity index (χ0) is 23.8. The van der Waals surface area contributed by atoms with Crippen LogP contribution in [0.5, 0.6) is 0 Å². The van der Waals surface area contributed by atoms with E-state index in [0.29, 0.717) is 48.6 Å². The fourth-order valence-electron chi connectivity index (χ4n) is 5.29. The summed E-state index contributed by atoms with van der Waals surface area (Å²) in [5.41, 5.74) is 2.08. The van der Waals surface area contributed by atoms with E-state index in [1.165, 1.54) is 7.05 Å². The molecule has 0 spiro atoms. The number of hydrogen-bond donors (Lipinski definition) is 1. The van der Waals surface area contributed by atoms with Crippen LogP contribution in [0.25, 0.3) is 0 Å². The van der Waals surface area contributed by atoms with E-state index >= 15 is 0 Å². The Morgan fingerprint density at radius 1 is 1.09 bits per heavy atom. The molecule has 1 aliphatic heterocycles. The van der Waals surface area contributed by atoms with Crippen molar-refractivity contribution in [3.05, 3.63) is 69.7 Å². The molecule has 8 heteroatoms. The molecule has 1 amide bonds. The number of sulfonamides is 1. The van der Waals surface area contributed by atoms with Crippen molar-refractivity contribution >= 4 is 39.1 Å². The summed E-state index contributed by atoms with van der Waals surface area (Å²) in [7, 11) is -1.96. The number of benzene rings is 2. The maximum atomic E-state index is 13.4. The molecule has 4 rings (SSSR count). The maximum Gasteiger partial charge on any atom is 0.223 e. The average molecular weight is 509 g/mol. The van der Waals surface area contributed by atoms with Gasteiger partial charge in [0.15, 0.2) is 0 Å². The van der Waals surface area contributed by atoms with Crippen molar-refractivity contribution in [3.63, 3.8) is 0 Å². The van der Waals surface area contributed by atoms with Gasteiger partial charge in [0.2, 0.25) is 15.9 Å². The predicted octanol–water partition coefficient (Wildman–Crippen LogP) is 5.69. The molecule has 1 heterocycles. The molecular weight excluding hydrogens is 479 g/mol. The summed E-state index contributed by atoms with van der Waals surface area (Å²) < 4.78 is 27.3. The average Bonchev–Trinajstić information content (AvgIpc) is 3.59. The molecule has 1 saturated carbocycles. The molecule has 178 valence electrons. The molecule has 33 heavy (non-hydrogen) atoms. The quantitative estimate of drug-likeness (QED) is 0.497. The second-order valence-corrected chi connectivity index (χ2v) is 12.3. The first-order chi connectivity index (χ1) is 15.7. The van der Waals surface area contributed by atoms with E-state index in [2.05, 4.69) is 10.8 Å². The highest BCUT2D eigenvalue weighted by atomic mass is 35.5. The van der Waals surface area contributed by atoms with Crippen LogP contribution in [0.4, 0.5) is 0 Å². The Kier molecular flexibility index (Phi) is 7.11. The molecule has 0 aromatic heterocycles. The van der Waals surface area contributed by atoms with E-state index in [9.17, 15) is 13.2 Å². The van der Waals surface area contributed by atoms with Crippen LogP contribution >= 0.6 is 23.2 Å². The Bertz CT molecular complexity index is 1120. The van der Waals surface area contributed by atoms with E-state index < -0.39 is 14.8 Å². The van der Waals surface area contributed by atoms with Crippen LogP contribution in [0.3, 0.4) is 0 Å². The summed E-state index contributed by atoms with van der Waals surface area (Å²) in [6.07, 6.45) is 3.49. The highest BCUT2D eigenvalue weighted by Gasteiger charge is 2.56. The standard InChI is InChI=1S/C25H30Cl2N2O3S/c1-3-21(16-25(13-14-25)33(31,32)28-2)29-23(30)12-11-22(18-5-4-6-20(27)15-18)24(29)17-7-9-19(26)10-8-17/h4-10,15,21-22,24,28H,3,11-14,16H2,1-2H3/t21-,22+,24+/m0/s1. The van der Waals surface area contributed by atoms with Crippen molar-refractivity contribution in [2.75, 3.05) is 7.05 Å². The third-order valence-electron chi connectivity index (χ3n) is 7.25. The van der Waals surface area contributed by atoms with E-state index in [4.69, 9.17) is 23.2 Å². The molecule has 1 saturated heterocycles. The van der Waals surface area contributed by atoms with Gasteiger partial charge in [0.05, 0.1) is 10.8 Å². The molecule has 2 aromatic carbocycles. The highest BCUT2D eigenvalue weighted by Crippen LogP contribution is 2.51. The van der Waals surface area contributed by atoms with Crippen LogP contribution in [-0.2, 0) is 14.8 Å². The monoisotopic (exact) mass is 508 g/mol. The third kappa shape index (κ3) is 4.81. The molecule has 1 aliphatic carbocycles. The van der Waals surface area contributed by atoms with E-state index in [0.717, 1.165) is 11.1 Å². The number of amides is 1. The smallest absolute Gasteiger partial charge is 0.223 e. The first-order valence-electron chi connectivity index (χ1n) is 11.5. The van der Waals surface area contributed by atoms with Crippen LogP contribution in [0.1, 0.15) is 68.5 Å². The highest BCUT2D eigenvalue weighted by molar-refractivity contribution is 7.91. The van der Waals surface area contributed by atoms with Crippen LogP contribution in [0.2, 0.25) is 10.0 Å². The number of likely N-dealkylation sites (tertiary alicyclic amines) is 1. The van der Waals surface area contributed by atoms with E-state index in [1.54, 1.807) is 0 Å². The van der Waals surface area contributed by atoms with Crippen molar-refractivity contribution in [2.24, 2.45) is 0 Å². The number of nitrogens with one attached hydrogen (secondary N) is 1. The fraction of sp³-hybridized carbons (Fsp3) is 0.480. The van der Waals surface area contributed by atoms with Gasteiger partial charge in [-0.2, -0.15) is 0 Å². The molecule has 2 aromatic rings. The molecule has 3 atom stereocenters. The Morgan fingerprint density at radius 2 is 1.79 bits per heavy atom. The Hall–Kier alpha value is -1.60. The number of piperidine rings is 1. The van der Waals surface area contributed by atoms with Crippen LogP contribution in [-0.4, -0.2) is 37.1 Å². The normalized spacial score (nSPS) is 23.4. The number of rotatable bonds is 8. The van der Waals surface area contributed by atoms with Crippen molar-refractivity contribution in [1.29, 1.82) is 0 Å². The first-order valence-corrected chi connectivity index (χ1v) is 13.7. The zero-order valence-electron chi connectivity index (χ0n) is 18.9. The molecule has 2 fully saturated rings. The Morgan fingerprint density at radius 3 is 2.36 bits per heavy atom. The van der Waals surface area contributed by atoms with Gasteiger partial charge >= 0.3 is 0 Å². The van der Waals surface area contributed by atoms with Crippen LogP contribution in [0, 0.1) is 0 Å². The Labute approximate surface area is 206 Å². The van der Waals surface area contributed by atoms with Crippen LogP contribution in [0.15, 0.2) is 48.5 Å². The van der Waals surface area contributed by atoms with Gasteiger partial charge in [-0.15, -0.1) is 0 Å². The summed E-state index contributed by atoms with van der Waals surface area (Å²) in [5.74, 6) is 0.116.